The highest BCUT2D eigenvalue weighted by Crippen LogP contribution is 2.29. The van der Waals surface area contributed by atoms with Crippen molar-refractivity contribution in [2.75, 3.05) is 34.9 Å². The van der Waals surface area contributed by atoms with Crippen LogP contribution in [0.1, 0.15) is 79.7 Å². The maximum atomic E-state index is 14.1. The molecule has 13 nitrogen and oxygen atoms in total. The second-order valence-electron chi connectivity index (χ2n) is 14.9. The van der Waals surface area contributed by atoms with Crippen molar-refractivity contribution >= 4 is 29.6 Å². The highest BCUT2D eigenvalue weighted by atomic mass is 16.5. The molecule has 4 N–H and O–H groups in total. The van der Waals surface area contributed by atoms with Gasteiger partial charge in [0.15, 0.2) is 0 Å². The van der Waals surface area contributed by atoms with Gasteiger partial charge in [-0.3, -0.25) is 19.2 Å². The van der Waals surface area contributed by atoms with Crippen LogP contribution in [0.4, 0.5) is 0 Å². The Morgan fingerprint density at radius 3 is 2.04 bits per heavy atom. The van der Waals surface area contributed by atoms with Crippen molar-refractivity contribution < 1.29 is 38.6 Å². The number of nitrogens with one attached hydrogen (secondary N) is 3. The first kappa shape index (κ1) is 44.6. The molecule has 0 saturated carbocycles. The van der Waals surface area contributed by atoms with Gasteiger partial charge in [-0.2, -0.15) is 0 Å². The first-order valence-corrected chi connectivity index (χ1v) is 18.7. The van der Waals surface area contributed by atoms with Crippen LogP contribution >= 0.6 is 0 Å². The van der Waals surface area contributed by atoms with Crippen LogP contribution in [0.5, 0.6) is 0 Å². The van der Waals surface area contributed by atoms with Gasteiger partial charge in [-0.15, -0.1) is 0 Å². The Balaban J connectivity index is 2.26. The van der Waals surface area contributed by atoms with E-state index in [9.17, 15) is 29.1 Å². The topological polar surface area (TPSA) is 167 Å². The Morgan fingerprint density at radius 1 is 0.923 bits per heavy atom. The van der Waals surface area contributed by atoms with E-state index in [1.54, 1.807) is 30.8 Å². The maximum absolute atomic E-state index is 14.1. The number of rotatable bonds is 21. The minimum atomic E-state index is -1.14. The van der Waals surface area contributed by atoms with E-state index in [0.29, 0.717) is 19.4 Å². The summed E-state index contributed by atoms with van der Waals surface area (Å²) in [4.78, 5) is 70.3. The van der Waals surface area contributed by atoms with Gasteiger partial charge < -0.3 is 40.3 Å². The lowest BCUT2D eigenvalue weighted by atomic mass is 9.89. The van der Waals surface area contributed by atoms with Gasteiger partial charge in [-0.25, -0.2) is 4.79 Å². The quantitative estimate of drug-likeness (QED) is 0.149. The minimum absolute atomic E-state index is 0.0112. The number of likely N-dealkylation sites (tertiary alicyclic amines) is 1. The molecular weight excluding hydrogens is 666 g/mol. The number of ether oxygens (including phenoxy) is 2. The molecule has 52 heavy (non-hydrogen) atoms. The normalized spacial score (nSPS) is 19.2. The lowest BCUT2D eigenvalue weighted by Gasteiger charge is -2.41. The van der Waals surface area contributed by atoms with Crippen molar-refractivity contribution in [1.82, 2.24) is 25.8 Å². The molecule has 1 aromatic rings. The standard InChI is InChI=1S/C39H65N5O8/c1-12-25(6)34(43(9)38(48)33(24(4)5)42-37(47)32(40-8)23(2)3)30(51-10)22-31(45)44-20-16-19-29(44)35(52-11)26(7)36(46)41-28(39(49)50)21-27-17-14-13-15-18-27/h13-15,17-18,23-26,28-30,32-35,40H,12,16,19-22H2,1-11H3,(H,41,46)(H,42,47)(H,49,50)/t25-,26+,28-,29-,30-,32-,33-,34?,35-/m0/s1. The summed E-state index contributed by atoms with van der Waals surface area (Å²) >= 11 is 0. The number of hydrogen-bond acceptors (Lipinski definition) is 8. The molecule has 0 aliphatic carbocycles. The highest BCUT2D eigenvalue weighted by molar-refractivity contribution is 5.90. The van der Waals surface area contributed by atoms with Crippen LogP contribution in [-0.2, 0) is 39.9 Å². The smallest absolute Gasteiger partial charge is 0.326 e. The van der Waals surface area contributed by atoms with Crippen molar-refractivity contribution in [2.24, 2.45) is 23.7 Å². The van der Waals surface area contributed by atoms with E-state index in [0.717, 1.165) is 12.0 Å². The summed E-state index contributed by atoms with van der Waals surface area (Å²) in [5, 5.41) is 18.5. The molecule has 1 saturated heterocycles. The van der Waals surface area contributed by atoms with Crippen molar-refractivity contribution in [1.29, 1.82) is 0 Å². The summed E-state index contributed by atoms with van der Waals surface area (Å²) in [6.07, 6.45) is 0.818. The van der Waals surface area contributed by atoms with Gasteiger partial charge in [0, 0.05) is 34.2 Å². The molecule has 1 aromatic carbocycles. The average Bonchev–Trinajstić information content (AvgIpc) is 3.59. The number of benzene rings is 1. The maximum Gasteiger partial charge on any atom is 0.326 e. The Bertz CT molecular complexity index is 1310. The number of carboxylic acid groups (broad SMARTS) is 1. The number of amides is 4. The third kappa shape index (κ3) is 11.7. The number of carbonyl (C=O) groups is 5. The van der Waals surface area contributed by atoms with E-state index < -0.39 is 60.2 Å². The van der Waals surface area contributed by atoms with Crippen molar-refractivity contribution in [3.63, 3.8) is 0 Å². The summed E-state index contributed by atoms with van der Waals surface area (Å²) in [6, 6.07) is 5.84. The molecule has 1 aliphatic heterocycles. The third-order valence-corrected chi connectivity index (χ3v) is 10.6. The monoisotopic (exact) mass is 731 g/mol. The van der Waals surface area contributed by atoms with Gasteiger partial charge >= 0.3 is 5.97 Å². The van der Waals surface area contributed by atoms with Crippen LogP contribution in [-0.4, -0.2) is 122 Å². The van der Waals surface area contributed by atoms with Gasteiger partial charge in [-0.05, 0) is 43.2 Å². The molecule has 1 aliphatic rings. The fourth-order valence-corrected chi connectivity index (χ4v) is 7.40. The van der Waals surface area contributed by atoms with E-state index in [2.05, 4.69) is 16.0 Å². The number of methoxy groups -OCH3 is 2. The predicted octanol–water partition coefficient (Wildman–Crippen LogP) is 3.10. The third-order valence-electron chi connectivity index (χ3n) is 10.6. The number of aliphatic carboxylic acids is 1. The van der Waals surface area contributed by atoms with Gasteiger partial charge in [0.05, 0.1) is 42.7 Å². The van der Waals surface area contributed by atoms with Gasteiger partial charge in [-0.1, -0.05) is 85.2 Å². The summed E-state index contributed by atoms with van der Waals surface area (Å²) in [5.74, 6) is -3.27. The van der Waals surface area contributed by atoms with Crippen LogP contribution in [0.15, 0.2) is 30.3 Å². The number of hydrogen-bond donors (Lipinski definition) is 4. The molecule has 0 bridgehead atoms. The SMILES string of the molecule is CC[C@H](C)C([C@H](CC(=O)N1CCC[C@H]1[C@@H](OC)[C@@H](C)C(=O)N[C@@H](Cc1ccccc1)C(=O)O)OC)N(C)C(=O)[C@@H](NC(=O)[C@@H](NC)C(C)C)C(C)C. The molecule has 0 radical (unpaired) electrons. The molecule has 2 rings (SSSR count). The van der Waals surface area contributed by atoms with Gasteiger partial charge in [0.1, 0.15) is 12.1 Å². The summed E-state index contributed by atoms with van der Waals surface area (Å²) in [5.41, 5.74) is 0.785. The lowest BCUT2D eigenvalue weighted by molar-refractivity contribution is -0.148. The Labute approximate surface area is 310 Å². The van der Waals surface area contributed by atoms with Crippen LogP contribution in [0, 0.1) is 23.7 Å². The summed E-state index contributed by atoms with van der Waals surface area (Å²) in [6.45, 7) is 13.9. The zero-order valence-corrected chi connectivity index (χ0v) is 33.2. The average molecular weight is 732 g/mol. The molecule has 1 unspecified atom stereocenters. The molecule has 9 atom stereocenters. The summed E-state index contributed by atoms with van der Waals surface area (Å²) in [7, 11) is 6.46. The molecule has 4 amide bonds. The zero-order valence-electron chi connectivity index (χ0n) is 33.2. The first-order valence-electron chi connectivity index (χ1n) is 18.7. The molecule has 1 heterocycles. The Kier molecular flexibility index (Phi) is 18.2. The van der Waals surface area contributed by atoms with Crippen molar-refractivity contribution in [2.45, 2.75) is 123 Å². The Morgan fingerprint density at radius 2 is 1.54 bits per heavy atom. The van der Waals surface area contributed by atoms with Crippen LogP contribution in [0.3, 0.4) is 0 Å². The van der Waals surface area contributed by atoms with Gasteiger partial charge in [0.2, 0.25) is 23.6 Å². The van der Waals surface area contributed by atoms with E-state index in [1.165, 1.54) is 14.2 Å². The van der Waals surface area contributed by atoms with E-state index in [-0.39, 0.29) is 48.3 Å². The van der Waals surface area contributed by atoms with Crippen LogP contribution in [0.25, 0.3) is 0 Å². The Hall–Kier alpha value is -3.55. The molecule has 294 valence electrons. The number of nitrogens with zero attached hydrogens (tertiary/aromatic N) is 2. The minimum Gasteiger partial charge on any atom is -0.480 e. The molecule has 0 spiro atoms. The van der Waals surface area contributed by atoms with Crippen molar-refractivity contribution in [3.8, 4) is 0 Å². The van der Waals surface area contributed by atoms with Crippen molar-refractivity contribution in [3.05, 3.63) is 35.9 Å². The zero-order chi connectivity index (χ0) is 39.3. The fraction of sp³-hybridized carbons (Fsp3) is 0.718. The predicted molar refractivity (Wildman–Crippen MR) is 200 cm³/mol. The number of carboxylic acids is 1. The molecular formula is C39H65N5O8. The second kappa shape index (κ2) is 21.2. The number of likely N-dealkylation sites (N-methyl/N-ethyl adjacent to an activating group) is 2. The molecule has 1 fully saturated rings. The lowest BCUT2D eigenvalue weighted by Crippen LogP contribution is -2.59. The molecule has 0 aromatic heterocycles. The van der Waals surface area contributed by atoms with E-state index in [1.807, 2.05) is 71.9 Å². The fourth-order valence-electron chi connectivity index (χ4n) is 7.40. The second-order valence-corrected chi connectivity index (χ2v) is 14.9. The van der Waals surface area contributed by atoms with Crippen LogP contribution < -0.4 is 16.0 Å². The summed E-state index contributed by atoms with van der Waals surface area (Å²) < 4.78 is 11.8. The van der Waals surface area contributed by atoms with Crippen LogP contribution in [0.2, 0.25) is 0 Å². The van der Waals surface area contributed by atoms with Gasteiger partial charge in [0.25, 0.3) is 0 Å². The van der Waals surface area contributed by atoms with E-state index >= 15 is 0 Å². The van der Waals surface area contributed by atoms with E-state index in [4.69, 9.17) is 9.47 Å². The molecule has 13 heteroatoms. The highest BCUT2D eigenvalue weighted by Gasteiger charge is 2.43. The largest absolute Gasteiger partial charge is 0.480 e. The first-order chi connectivity index (χ1) is 24.5. The number of carbonyl (C=O) groups excluding carboxylic acids is 4.